The molecule has 0 amide bonds. The lowest BCUT2D eigenvalue weighted by molar-refractivity contribution is 0.101. The molecule has 0 saturated heterocycles. The van der Waals surface area contributed by atoms with E-state index < -0.39 is 0 Å². The van der Waals surface area contributed by atoms with Gasteiger partial charge in [-0.1, -0.05) is 11.6 Å². The maximum absolute atomic E-state index is 11.3. The van der Waals surface area contributed by atoms with Crippen molar-refractivity contribution in [1.29, 1.82) is 0 Å². The highest BCUT2D eigenvalue weighted by molar-refractivity contribution is 6.30. The number of halogens is 1. The Hall–Kier alpha value is -2.65. The van der Waals surface area contributed by atoms with Gasteiger partial charge in [-0.05, 0) is 67.6 Å². The largest absolute Gasteiger partial charge is 0.316 e. The van der Waals surface area contributed by atoms with E-state index in [1.54, 1.807) is 25.3 Å². The third-order valence-corrected chi connectivity index (χ3v) is 3.76. The van der Waals surface area contributed by atoms with Gasteiger partial charge in [-0.3, -0.25) is 9.79 Å². The molecule has 3 rings (SSSR count). The van der Waals surface area contributed by atoms with Crippen LogP contribution in [0, 0.1) is 0 Å². The Morgan fingerprint density at radius 1 is 1.04 bits per heavy atom. The maximum atomic E-state index is 11.3. The second kappa shape index (κ2) is 6.63. The van der Waals surface area contributed by atoms with Crippen molar-refractivity contribution in [2.45, 2.75) is 6.92 Å². The van der Waals surface area contributed by atoms with Gasteiger partial charge in [-0.25, -0.2) is 0 Å². The fraction of sp³-hybridized carbons (Fsp3) is 0.0526. The van der Waals surface area contributed by atoms with E-state index in [2.05, 4.69) is 4.99 Å². The zero-order valence-corrected chi connectivity index (χ0v) is 13.4. The molecular weight excluding hydrogens is 308 g/mol. The molecule has 0 atom stereocenters. The summed E-state index contributed by atoms with van der Waals surface area (Å²) < 4.78 is 2.03. The van der Waals surface area contributed by atoms with Gasteiger partial charge >= 0.3 is 0 Å². The molecule has 3 nitrogen and oxygen atoms in total. The van der Waals surface area contributed by atoms with Crippen molar-refractivity contribution in [3.05, 3.63) is 83.1 Å². The standard InChI is InChI=1S/C19H15ClN2O/c1-14(23)15-4-8-17(9-5-15)21-13-19-3-2-12-22(19)18-10-6-16(20)7-11-18/h2-13H,1H3. The molecule has 3 aromatic rings. The lowest BCUT2D eigenvalue weighted by Crippen LogP contribution is -1.97. The van der Waals surface area contributed by atoms with Crippen LogP contribution in [0.25, 0.3) is 5.69 Å². The number of rotatable bonds is 4. The van der Waals surface area contributed by atoms with Crippen LogP contribution in [0.1, 0.15) is 23.0 Å². The van der Waals surface area contributed by atoms with Crippen LogP contribution in [0.2, 0.25) is 5.02 Å². The third-order valence-electron chi connectivity index (χ3n) is 3.50. The van der Waals surface area contributed by atoms with Gasteiger partial charge in [0.25, 0.3) is 0 Å². The summed E-state index contributed by atoms with van der Waals surface area (Å²) in [6.07, 6.45) is 3.78. The van der Waals surface area contributed by atoms with Crippen molar-refractivity contribution in [2.24, 2.45) is 4.99 Å². The average molecular weight is 323 g/mol. The van der Waals surface area contributed by atoms with Gasteiger partial charge < -0.3 is 4.57 Å². The van der Waals surface area contributed by atoms with Gasteiger partial charge in [0.2, 0.25) is 0 Å². The molecule has 114 valence electrons. The van der Waals surface area contributed by atoms with Crippen LogP contribution in [0.15, 0.2) is 71.9 Å². The van der Waals surface area contributed by atoms with E-state index in [1.165, 1.54) is 0 Å². The maximum Gasteiger partial charge on any atom is 0.159 e. The van der Waals surface area contributed by atoms with Gasteiger partial charge in [0.1, 0.15) is 0 Å². The predicted octanol–water partition coefficient (Wildman–Crippen LogP) is 5.08. The molecule has 1 heterocycles. The molecule has 0 spiro atoms. The summed E-state index contributed by atoms with van der Waals surface area (Å²) in [4.78, 5) is 15.7. The van der Waals surface area contributed by atoms with Gasteiger partial charge in [-0.15, -0.1) is 0 Å². The van der Waals surface area contributed by atoms with Crippen molar-refractivity contribution in [1.82, 2.24) is 4.57 Å². The molecule has 0 N–H and O–H groups in total. The molecule has 0 saturated carbocycles. The minimum atomic E-state index is 0.0529. The number of aromatic nitrogens is 1. The second-order valence-electron chi connectivity index (χ2n) is 5.14. The van der Waals surface area contributed by atoms with Crippen molar-refractivity contribution >= 4 is 29.3 Å². The molecule has 0 radical (unpaired) electrons. The van der Waals surface area contributed by atoms with Crippen molar-refractivity contribution in [2.75, 3.05) is 0 Å². The van der Waals surface area contributed by atoms with Crippen molar-refractivity contribution < 1.29 is 4.79 Å². The molecule has 23 heavy (non-hydrogen) atoms. The number of hydrogen-bond donors (Lipinski definition) is 0. The Morgan fingerprint density at radius 2 is 1.74 bits per heavy atom. The predicted molar refractivity (Wildman–Crippen MR) is 94.5 cm³/mol. The molecule has 2 aromatic carbocycles. The van der Waals surface area contributed by atoms with Gasteiger partial charge in [0.15, 0.2) is 5.78 Å². The number of carbonyl (C=O) groups excluding carboxylic acids is 1. The number of carbonyl (C=O) groups is 1. The van der Waals surface area contributed by atoms with E-state index in [0.717, 1.165) is 17.1 Å². The van der Waals surface area contributed by atoms with Crippen LogP contribution in [-0.2, 0) is 0 Å². The van der Waals surface area contributed by atoms with E-state index >= 15 is 0 Å². The number of nitrogens with zero attached hydrogens (tertiary/aromatic N) is 2. The molecular formula is C19H15ClN2O. The van der Waals surface area contributed by atoms with E-state index in [9.17, 15) is 4.79 Å². The topological polar surface area (TPSA) is 34.4 Å². The monoisotopic (exact) mass is 322 g/mol. The first kappa shape index (κ1) is 15.3. The van der Waals surface area contributed by atoms with Crippen LogP contribution < -0.4 is 0 Å². The highest BCUT2D eigenvalue weighted by atomic mass is 35.5. The van der Waals surface area contributed by atoms with Crippen LogP contribution in [0.5, 0.6) is 0 Å². The molecule has 0 aliphatic rings. The molecule has 4 heteroatoms. The minimum Gasteiger partial charge on any atom is -0.316 e. The van der Waals surface area contributed by atoms with E-state index in [4.69, 9.17) is 11.6 Å². The van der Waals surface area contributed by atoms with E-state index in [-0.39, 0.29) is 5.78 Å². The smallest absolute Gasteiger partial charge is 0.159 e. The number of benzene rings is 2. The number of hydrogen-bond acceptors (Lipinski definition) is 2. The first-order chi connectivity index (χ1) is 11.1. The Labute approximate surface area is 139 Å². The summed E-state index contributed by atoms with van der Waals surface area (Å²) in [5, 5.41) is 0.710. The quantitative estimate of drug-likeness (QED) is 0.487. The van der Waals surface area contributed by atoms with Crippen molar-refractivity contribution in [3.8, 4) is 5.69 Å². The summed E-state index contributed by atoms with van der Waals surface area (Å²) >= 11 is 5.93. The Bertz CT molecular complexity index is 846. The van der Waals surface area contributed by atoms with E-state index in [1.807, 2.05) is 59.3 Å². The molecule has 1 aromatic heterocycles. The third kappa shape index (κ3) is 3.58. The van der Waals surface area contributed by atoms with E-state index in [0.29, 0.717) is 10.6 Å². The van der Waals surface area contributed by atoms with Crippen LogP contribution in [-0.4, -0.2) is 16.6 Å². The number of Topliss-reactive ketones (excluding diaryl/α,β-unsaturated/α-hetero) is 1. The summed E-state index contributed by atoms with van der Waals surface area (Å²) in [5.41, 5.74) is 3.48. The number of ketones is 1. The highest BCUT2D eigenvalue weighted by Crippen LogP contribution is 2.17. The first-order valence-corrected chi connectivity index (χ1v) is 7.60. The zero-order valence-electron chi connectivity index (χ0n) is 12.6. The van der Waals surface area contributed by atoms with Crippen LogP contribution in [0.4, 0.5) is 5.69 Å². The summed E-state index contributed by atoms with van der Waals surface area (Å²) in [6, 6.07) is 18.8. The lowest BCUT2D eigenvalue weighted by Gasteiger charge is -2.06. The van der Waals surface area contributed by atoms with Gasteiger partial charge in [-0.2, -0.15) is 0 Å². The zero-order chi connectivity index (χ0) is 16.2. The average Bonchev–Trinajstić information content (AvgIpc) is 3.02. The summed E-state index contributed by atoms with van der Waals surface area (Å²) in [7, 11) is 0. The Morgan fingerprint density at radius 3 is 2.39 bits per heavy atom. The lowest BCUT2D eigenvalue weighted by atomic mass is 10.1. The fourth-order valence-electron chi connectivity index (χ4n) is 2.26. The second-order valence-corrected chi connectivity index (χ2v) is 5.58. The Kier molecular flexibility index (Phi) is 4.40. The normalized spacial score (nSPS) is 11.0. The Balaban J connectivity index is 1.84. The minimum absolute atomic E-state index is 0.0529. The van der Waals surface area contributed by atoms with Crippen LogP contribution >= 0.6 is 11.6 Å². The highest BCUT2D eigenvalue weighted by Gasteiger charge is 2.02. The number of aliphatic imine (C=N–C) groups is 1. The fourth-order valence-corrected chi connectivity index (χ4v) is 2.38. The summed E-state index contributed by atoms with van der Waals surface area (Å²) in [5.74, 6) is 0.0529. The molecule has 0 unspecified atom stereocenters. The first-order valence-electron chi connectivity index (χ1n) is 7.22. The summed E-state index contributed by atoms with van der Waals surface area (Å²) in [6.45, 7) is 1.55. The molecule has 0 bridgehead atoms. The SMILES string of the molecule is CC(=O)c1ccc(N=Cc2cccn2-c2ccc(Cl)cc2)cc1. The molecule has 0 aliphatic carbocycles. The van der Waals surface area contributed by atoms with Crippen LogP contribution in [0.3, 0.4) is 0 Å². The van der Waals surface area contributed by atoms with Gasteiger partial charge in [0, 0.05) is 22.5 Å². The molecule has 0 fully saturated rings. The molecule has 0 aliphatic heterocycles. The van der Waals surface area contributed by atoms with Gasteiger partial charge in [0.05, 0.1) is 17.6 Å². The van der Waals surface area contributed by atoms with Crippen molar-refractivity contribution in [3.63, 3.8) is 0 Å².